The summed E-state index contributed by atoms with van der Waals surface area (Å²) in [6, 6.07) is 12.1. The molecule has 0 N–H and O–H groups in total. The van der Waals surface area contributed by atoms with Crippen LogP contribution in [0.5, 0.6) is 0 Å². The van der Waals surface area contributed by atoms with Crippen LogP contribution in [0.2, 0.25) is 5.02 Å². The molecule has 0 bridgehead atoms. The Balaban J connectivity index is 2.28. The minimum atomic E-state index is -3.56. The smallest absolute Gasteiger partial charge is 0.207 e. The number of benzene rings is 2. The zero-order valence-corrected chi connectivity index (χ0v) is 15.8. The lowest BCUT2D eigenvalue weighted by molar-refractivity contribution is 0.466. The molecule has 2 aromatic carbocycles. The molecule has 0 unspecified atom stereocenters. The molecule has 2 aromatic rings. The van der Waals surface area contributed by atoms with E-state index in [4.69, 9.17) is 11.6 Å². The Morgan fingerprint density at radius 3 is 2.48 bits per heavy atom. The first-order chi connectivity index (χ1) is 9.80. The van der Waals surface area contributed by atoms with Crippen molar-refractivity contribution in [2.75, 3.05) is 7.05 Å². The van der Waals surface area contributed by atoms with E-state index in [2.05, 4.69) is 31.9 Å². The molecule has 3 nitrogen and oxygen atoms in total. The molecule has 0 fully saturated rings. The van der Waals surface area contributed by atoms with Crippen LogP contribution in [0.3, 0.4) is 0 Å². The fraction of sp³-hybridized carbons (Fsp3) is 0.143. The average Bonchev–Trinajstić information content (AvgIpc) is 2.41. The Morgan fingerprint density at radius 2 is 1.86 bits per heavy atom. The molecule has 112 valence electrons. The van der Waals surface area contributed by atoms with Gasteiger partial charge in [0, 0.05) is 22.5 Å². The monoisotopic (exact) mass is 451 g/mol. The molecule has 0 atom stereocenters. The van der Waals surface area contributed by atoms with Crippen LogP contribution < -0.4 is 0 Å². The highest BCUT2D eigenvalue weighted by Gasteiger charge is 2.21. The van der Waals surface area contributed by atoms with Crippen LogP contribution in [0.4, 0.5) is 0 Å². The van der Waals surface area contributed by atoms with E-state index < -0.39 is 10.0 Å². The third kappa shape index (κ3) is 4.07. The number of rotatable bonds is 4. The van der Waals surface area contributed by atoms with Crippen LogP contribution in [0.25, 0.3) is 0 Å². The van der Waals surface area contributed by atoms with Crippen LogP contribution >= 0.6 is 43.5 Å². The van der Waals surface area contributed by atoms with Gasteiger partial charge in [-0.25, -0.2) is 8.42 Å². The van der Waals surface area contributed by atoms with Crippen molar-refractivity contribution in [2.45, 2.75) is 11.4 Å². The van der Waals surface area contributed by atoms with Crippen LogP contribution in [0, 0.1) is 0 Å². The summed E-state index contributed by atoms with van der Waals surface area (Å²) in [6.45, 7) is 0.294. The van der Waals surface area contributed by atoms with Gasteiger partial charge in [-0.3, -0.25) is 0 Å². The zero-order valence-electron chi connectivity index (χ0n) is 11.1. The Morgan fingerprint density at radius 1 is 1.14 bits per heavy atom. The average molecular weight is 454 g/mol. The van der Waals surface area contributed by atoms with Gasteiger partial charge in [0.15, 0.2) is 0 Å². The van der Waals surface area contributed by atoms with E-state index in [-0.39, 0.29) is 4.90 Å². The van der Waals surface area contributed by atoms with Crippen LogP contribution in [-0.2, 0) is 16.6 Å². The van der Waals surface area contributed by atoms with Crippen molar-refractivity contribution in [3.8, 4) is 0 Å². The van der Waals surface area contributed by atoms with Gasteiger partial charge in [0.05, 0.1) is 9.92 Å². The molecule has 21 heavy (non-hydrogen) atoms. The van der Waals surface area contributed by atoms with E-state index in [1.165, 1.54) is 16.4 Å². The molecule has 0 aliphatic heterocycles. The Kier molecular flexibility index (Phi) is 5.48. The predicted molar refractivity (Wildman–Crippen MR) is 91.9 cm³/mol. The molecule has 2 rings (SSSR count). The van der Waals surface area contributed by atoms with Crippen molar-refractivity contribution in [1.29, 1.82) is 0 Å². The van der Waals surface area contributed by atoms with Crippen LogP contribution in [0.1, 0.15) is 5.56 Å². The number of hydrogen-bond acceptors (Lipinski definition) is 2. The summed E-state index contributed by atoms with van der Waals surface area (Å²) in [5.74, 6) is 0. The summed E-state index contributed by atoms with van der Waals surface area (Å²) in [5, 5.41) is 0.476. The van der Waals surface area contributed by atoms with Crippen molar-refractivity contribution in [3.63, 3.8) is 0 Å². The molecular formula is C14H12Br2ClNO2S. The molecule has 0 saturated heterocycles. The Hall–Kier alpha value is -0.400. The second-order valence-corrected chi connectivity index (χ2v) is 8.69. The lowest BCUT2D eigenvalue weighted by Gasteiger charge is -2.17. The summed E-state index contributed by atoms with van der Waals surface area (Å²) >= 11 is 12.5. The molecule has 0 aliphatic rings. The van der Waals surface area contributed by atoms with E-state index in [0.717, 1.165) is 10.0 Å². The number of sulfonamides is 1. The van der Waals surface area contributed by atoms with Gasteiger partial charge in [-0.05, 0) is 51.8 Å². The summed E-state index contributed by atoms with van der Waals surface area (Å²) in [4.78, 5) is 0.205. The Labute approximate surface area is 146 Å². The van der Waals surface area contributed by atoms with Crippen molar-refractivity contribution in [2.24, 2.45) is 0 Å². The molecule has 0 aromatic heterocycles. The number of hydrogen-bond donors (Lipinski definition) is 0. The molecule has 0 spiro atoms. The van der Waals surface area contributed by atoms with Crippen molar-refractivity contribution in [3.05, 3.63) is 62.0 Å². The van der Waals surface area contributed by atoms with Gasteiger partial charge in [0.1, 0.15) is 0 Å². The minimum Gasteiger partial charge on any atom is -0.207 e. The van der Waals surface area contributed by atoms with Crippen LogP contribution in [0.15, 0.2) is 56.3 Å². The van der Waals surface area contributed by atoms with E-state index >= 15 is 0 Å². The maximum Gasteiger partial charge on any atom is 0.243 e. The zero-order chi connectivity index (χ0) is 15.6. The Bertz CT molecular complexity index is 765. The van der Waals surface area contributed by atoms with Gasteiger partial charge in [-0.2, -0.15) is 4.31 Å². The standard InChI is InChI=1S/C14H12Br2ClNO2S/c1-18(9-10-3-2-4-11(15)7-10)21(19,20)12-5-6-14(17)13(16)8-12/h2-8H,9H2,1H3. The van der Waals surface area contributed by atoms with Gasteiger partial charge in [0.25, 0.3) is 0 Å². The topological polar surface area (TPSA) is 37.4 Å². The lowest BCUT2D eigenvalue weighted by Crippen LogP contribution is -2.26. The van der Waals surface area contributed by atoms with E-state index in [0.29, 0.717) is 16.0 Å². The molecule has 0 saturated carbocycles. The quantitative estimate of drug-likeness (QED) is 0.674. The minimum absolute atomic E-state index is 0.205. The maximum atomic E-state index is 12.5. The highest BCUT2D eigenvalue weighted by molar-refractivity contribution is 9.10. The molecule has 0 radical (unpaired) electrons. The normalized spacial score (nSPS) is 11.9. The van der Waals surface area contributed by atoms with Gasteiger partial charge in [-0.1, -0.05) is 39.7 Å². The van der Waals surface area contributed by atoms with Crippen molar-refractivity contribution >= 4 is 53.5 Å². The highest BCUT2D eigenvalue weighted by atomic mass is 79.9. The van der Waals surface area contributed by atoms with E-state index in [9.17, 15) is 8.42 Å². The van der Waals surface area contributed by atoms with Gasteiger partial charge < -0.3 is 0 Å². The summed E-state index contributed by atoms with van der Waals surface area (Å²) in [5.41, 5.74) is 0.906. The largest absolute Gasteiger partial charge is 0.243 e. The van der Waals surface area contributed by atoms with Gasteiger partial charge in [0.2, 0.25) is 10.0 Å². The first-order valence-electron chi connectivity index (χ1n) is 5.96. The van der Waals surface area contributed by atoms with Crippen molar-refractivity contribution < 1.29 is 8.42 Å². The molecule has 0 aliphatic carbocycles. The lowest BCUT2D eigenvalue weighted by atomic mass is 10.2. The SMILES string of the molecule is CN(Cc1cccc(Br)c1)S(=O)(=O)c1ccc(Cl)c(Br)c1. The fourth-order valence-corrected chi connectivity index (χ4v) is 4.07. The van der Waals surface area contributed by atoms with E-state index in [1.54, 1.807) is 13.1 Å². The molecule has 7 heteroatoms. The molecule has 0 heterocycles. The number of nitrogens with zero attached hydrogens (tertiary/aromatic N) is 1. The predicted octanol–water partition coefficient (Wildman–Crippen LogP) is 4.69. The first-order valence-corrected chi connectivity index (χ1v) is 9.37. The first kappa shape index (κ1) is 17.0. The van der Waals surface area contributed by atoms with E-state index in [1.807, 2.05) is 24.3 Å². The fourth-order valence-electron chi connectivity index (χ4n) is 1.79. The third-order valence-electron chi connectivity index (χ3n) is 2.89. The van der Waals surface area contributed by atoms with Gasteiger partial charge in [-0.15, -0.1) is 0 Å². The molecular weight excluding hydrogens is 441 g/mol. The third-order valence-corrected chi connectivity index (χ3v) is 6.40. The van der Waals surface area contributed by atoms with Gasteiger partial charge >= 0.3 is 0 Å². The summed E-state index contributed by atoms with van der Waals surface area (Å²) < 4.78 is 27.9. The summed E-state index contributed by atoms with van der Waals surface area (Å²) in [7, 11) is -2.01. The molecule has 0 amide bonds. The highest BCUT2D eigenvalue weighted by Crippen LogP contribution is 2.27. The second kappa shape index (κ2) is 6.79. The van der Waals surface area contributed by atoms with Crippen LogP contribution in [-0.4, -0.2) is 19.8 Å². The number of halogens is 3. The summed E-state index contributed by atoms with van der Waals surface area (Å²) in [6.07, 6.45) is 0. The van der Waals surface area contributed by atoms with Crippen molar-refractivity contribution in [1.82, 2.24) is 4.31 Å². The maximum absolute atomic E-state index is 12.5. The second-order valence-electron chi connectivity index (χ2n) is 4.47.